The van der Waals surface area contributed by atoms with Gasteiger partial charge in [0, 0.05) is 11.8 Å². The van der Waals surface area contributed by atoms with E-state index in [0.717, 1.165) is 11.8 Å². The predicted octanol–water partition coefficient (Wildman–Crippen LogP) is 3.62. The number of benzene rings is 2. The first-order chi connectivity index (χ1) is 11.5. The van der Waals surface area contributed by atoms with Gasteiger partial charge in [-0.3, -0.25) is 10.1 Å². The molecule has 8 heteroatoms. The molecule has 0 aliphatic carbocycles. The molecule has 0 radical (unpaired) electrons. The van der Waals surface area contributed by atoms with Crippen molar-refractivity contribution in [3.05, 3.63) is 75.1 Å². The Hall–Kier alpha value is -2.74. The SMILES string of the molecule is Cc1cc(F)c(C=NN=C(N)SCc2ccccc2)c([N+](=O)[O-])c1. The molecule has 0 saturated carbocycles. The minimum atomic E-state index is -0.726. The highest BCUT2D eigenvalue weighted by Crippen LogP contribution is 2.22. The van der Waals surface area contributed by atoms with E-state index in [1.807, 2.05) is 30.3 Å². The largest absolute Gasteiger partial charge is 0.377 e. The van der Waals surface area contributed by atoms with Gasteiger partial charge in [-0.2, -0.15) is 5.10 Å². The topological polar surface area (TPSA) is 93.9 Å². The molecule has 0 fully saturated rings. The summed E-state index contributed by atoms with van der Waals surface area (Å²) in [5, 5.41) is 18.6. The molecule has 2 aromatic carbocycles. The van der Waals surface area contributed by atoms with Crippen LogP contribution in [0.1, 0.15) is 16.7 Å². The first kappa shape index (κ1) is 17.6. The summed E-state index contributed by atoms with van der Waals surface area (Å²) in [4.78, 5) is 10.3. The molecule has 2 rings (SSSR count). The number of amidine groups is 1. The normalized spacial score (nSPS) is 11.8. The van der Waals surface area contributed by atoms with Gasteiger partial charge >= 0.3 is 0 Å². The number of hydrogen-bond acceptors (Lipinski definition) is 5. The van der Waals surface area contributed by atoms with E-state index in [-0.39, 0.29) is 16.4 Å². The maximum atomic E-state index is 13.9. The number of nitrogens with two attached hydrogens (primary N) is 1. The van der Waals surface area contributed by atoms with Gasteiger partial charge in [0.05, 0.1) is 11.1 Å². The van der Waals surface area contributed by atoms with Gasteiger partial charge in [0.2, 0.25) is 0 Å². The lowest BCUT2D eigenvalue weighted by molar-refractivity contribution is -0.385. The zero-order chi connectivity index (χ0) is 17.5. The van der Waals surface area contributed by atoms with Crippen molar-refractivity contribution in [3.8, 4) is 0 Å². The van der Waals surface area contributed by atoms with Crippen molar-refractivity contribution in [2.45, 2.75) is 12.7 Å². The standard InChI is InChI=1S/C16H15FN4O2S/c1-11-7-14(17)13(15(8-11)21(22)23)9-19-20-16(18)24-10-12-5-3-2-4-6-12/h2-9H,10H2,1H3,(H2,18,20). The Bertz CT molecular complexity index is 794. The molecular formula is C16H15FN4O2S. The van der Waals surface area contributed by atoms with E-state index in [0.29, 0.717) is 11.3 Å². The number of thioether (sulfide) groups is 1. The number of rotatable bonds is 5. The second-order valence-electron chi connectivity index (χ2n) is 4.89. The van der Waals surface area contributed by atoms with Gasteiger partial charge in [0.1, 0.15) is 11.4 Å². The van der Waals surface area contributed by atoms with E-state index in [2.05, 4.69) is 10.2 Å². The quantitative estimate of drug-likeness (QED) is 0.387. The average Bonchev–Trinajstić information content (AvgIpc) is 2.55. The van der Waals surface area contributed by atoms with E-state index >= 15 is 0 Å². The van der Waals surface area contributed by atoms with Gasteiger partial charge in [0.25, 0.3) is 5.69 Å². The molecule has 0 spiro atoms. The second kappa shape index (κ2) is 8.21. The minimum absolute atomic E-state index is 0.185. The smallest absolute Gasteiger partial charge is 0.281 e. The lowest BCUT2D eigenvalue weighted by atomic mass is 10.1. The van der Waals surface area contributed by atoms with E-state index in [4.69, 9.17) is 5.73 Å². The van der Waals surface area contributed by atoms with Crippen LogP contribution in [0.5, 0.6) is 0 Å². The lowest BCUT2D eigenvalue weighted by Gasteiger charge is -2.01. The molecule has 124 valence electrons. The van der Waals surface area contributed by atoms with E-state index < -0.39 is 10.7 Å². The third kappa shape index (κ3) is 4.88. The van der Waals surface area contributed by atoms with Gasteiger partial charge in [-0.15, -0.1) is 5.10 Å². The van der Waals surface area contributed by atoms with Crippen molar-refractivity contribution in [3.63, 3.8) is 0 Å². The van der Waals surface area contributed by atoms with Crippen LogP contribution < -0.4 is 5.73 Å². The van der Waals surface area contributed by atoms with Crippen molar-refractivity contribution < 1.29 is 9.31 Å². The highest BCUT2D eigenvalue weighted by Gasteiger charge is 2.17. The van der Waals surface area contributed by atoms with Crippen LogP contribution in [-0.2, 0) is 5.75 Å². The zero-order valence-corrected chi connectivity index (χ0v) is 13.7. The molecule has 0 atom stereocenters. The summed E-state index contributed by atoms with van der Waals surface area (Å²) in [6, 6.07) is 12.1. The zero-order valence-electron chi connectivity index (χ0n) is 12.8. The monoisotopic (exact) mass is 346 g/mol. The van der Waals surface area contributed by atoms with Crippen LogP contribution >= 0.6 is 11.8 Å². The Labute approximate surface area is 142 Å². The van der Waals surface area contributed by atoms with Crippen LogP contribution in [0.25, 0.3) is 0 Å². The maximum Gasteiger partial charge on any atom is 0.281 e. The number of halogens is 1. The minimum Gasteiger partial charge on any atom is -0.377 e. The first-order valence-electron chi connectivity index (χ1n) is 6.95. The molecule has 0 aliphatic heterocycles. The fourth-order valence-electron chi connectivity index (χ4n) is 1.92. The van der Waals surface area contributed by atoms with Crippen molar-refractivity contribution in [2.75, 3.05) is 0 Å². The molecule has 2 N–H and O–H groups in total. The van der Waals surface area contributed by atoms with Gasteiger partial charge in [-0.05, 0) is 24.1 Å². The molecule has 0 aromatic heterocycles. The van der Waals surface area contributed by atoms with Crippen LogP contribution in [0.3, 0.4) is 0 Å². The summed E-state index contributed by atoms with van der Waals surface area (Å²) in [6.45, 7) is 1.58. The summed E-state index contributed by atoms with van der Waals surface area (Å²) in [5.74, 6) is -0.110. The molecule has 0 saturated heterocycles. The Morgan fingerprint density at radius 1 is 1.38 bits per heavy atom. The third-order valence-electron chi connectivity index (χ3n) is 3.02. The van der Waals surface area contributed by atoms with Gasteiger partial charge < -0.3 is 5.73 Å². The number of nitro groups is 1. The molecule has 0 bridgehead atoms. The highest BCUT2D eigenvalue weighted by molar-refractivity contribution is 8.13. The Balaban J connectivity index is 2.09. The van der Waals surface area contributed by atoms with Gasteiger partial charge in [0.15, 0.2) is 5.17 Å². The van der Waals surface area contributed by atoms with E-state index in [1.54, 1.807) is 6.92 Å². The summed E-state index contributed by atoms with van der Waals surface area (Å²) in [7, 11) is 0. The van der Waals surface area contributed by atoms with Crippen molar-refractivity contribution in [1.29, 1.82) is 0 Å². The third-order valence-corrected chi connectivity index (χ3v) is 3.88. The highest BCUT2D eigenvalue weighted by atomic mass is 32.2. The Morgan fingerprint density at radius 3 is 2.75 bits per heavy atom. The van der Waals surface area contributed by atoms with Crippen LogP contribution in [0, 0.1) is 22.9 Å². The number of nitro benzene ring substituents is 1. The van der Waals surface area contributed by atoms with E-state index in [1.165, 1.54) is 23.9 Å². The molecular weight excluding hydrogens is 331 g/mol. The first-order valence-corrected chi connectivity index (χ1v) is 7.93. The van der Waals surface area contributed by atoms with Crippen LogP contribution in [0.15, 0.2) is 52.7 Å². The second-order valence-corrected chi connectivity index (χ2v) is 5.89. The Kier molecular flexibility index (Phi) is 6.02. The molecule has 0 amide bonds. The van der Waals surface area contributed by atoms with Crippen LogP contribution in [0.4, 0.5) is 10.1 Å². The number of aryl methyl sites for hydroxylation is 1. The Morgan fingerprint density at radius 2 is 2.08 bits per heavy atom. The lowest BCUT2D eigenvalue weighted by Crippen LogP contribution is -2.06. The van der Waals surface area contributed by atoms with Gasteiger partial charge in [-0.1, -0.05) is 42.1 Å². The molecule has 0 unspecified atom stereocenters. The van der Waals surface area contributed by atoms with Crippen LogP contribution in [-0.4, -0.2) is 16.3 Å². The number of hydrogen-bond donors (Lipinski definition) is 1. The van der Waals surface area contributed by atoms with Crippen molar-refractivity contribution >= 4 is 28.8 Å². The van der Waals surface area contributed by atoms with Gasteiger partial charge in [-0.25, -0.2) is 4.39 Å². The van der Waals surface area contributed by atoms with E-state index in [9.17, 15) is 14.5 Å². The number of nitrogens with zero attached hydrogens (tertiary/aromatic N) is 3. The molecule has 0 heterocycles. The summed E-state index contributed by atoms with van der Waals surface area (Å²) >= 11 is 1.27. The van der Waals surface area contributed by atoms with Crippen molar-refractivity contribution in [1.82, 2.24) is 0 Å². The molecule has 0 aliphatic rings. The summed E-state index contributed by atoms with van der Waals surface area (Å²) in [5.41, 5.74) is 6.66. The van der Waals surface area contributed by atoms with Crippen molar-refractivity contribution in [2.24, 2.45) is 15.9 Å². The fraction of sp³-hybridized carbons (Fsp3) is 0.125. The predicted molar refractivity (Wildman–Crippen MR) is 94.7 cm³/mol. The molecule has 6 nitrogen and oxygen atoms in total. The molecule has 24 heavy (non-hydrogen) atoms. The summed E-state index contributed by atoms with van der Waals surface area (Å²) < 4.78 is 13.9. The molecule has 2 aromatic rings. The summed E-state index contributed by atoms with van der Waals surface area (Å²) in [6.07, 6.45) is 1.00. The average molecular weight is 346 g/mol. The maximum absolute atomic E-state index is 13.9. The van der Waals surface area contributed by atoms with Crippen LogP contribution in [0.2, 0.25) is 0 Å². The fourth-order valence-corrected chi connectivity index (χ4v) is 2.53.